The first-order chi connectivity index (χ1) is 16.7. The van der Waals surface area contributed by atoms with E-state index >= 15 is 0 Å². The van der Waals surface area contributed by atoms with Crippen molar-refractivity contribution in [2.45, 2.75) is 25.1 Å². The van der Waals surface area contributed by atoms with E-state index in [1.807, 2.05) is 18.2 Å². The molecule has 0 radical (unpaired) electrons. The molecule has 0 bridgehead atoms. The van der Waals surface area contributed by atoms with Crippen molar-refractivity contribution < 1.29 is 37.3 Å². The molecule has 1 atom stereocenters. The van der Waals surface area contributed by atoms with Gasteiger partial charge in [0, 0.05) is 37.0 Å². The van der Waals surface area contributed by atoms with Gasteiger partial charge in [-0.3, -0.25) is 14.6 Å². The van der Waals surface area contributed by atoms with Gasteiger partial charge in [-0.1, -0.05) is 30.3 Å². The maximum atomic E-state index is 12.8. The summed E-state index contributed by atoms with van der Waals surface area (Å²) in [4.78, 5) is 32.4. The van der Waals surface area contributed by atoms with Gasteiger partial charge in [0.1, 0.15) is 12.6 Å². The van der Waals surface area contributed by atoms with Crippen LogP contribution in [-0.4, -0.2) is 46.7 Å². The van der Waals surface area contributed by atoms with E-state index in [9.17, 15) is 27.9 Å². The average molecular weight is 489 g/mol. The fraction of sp³-hybridized carbons (Fsp3) is 0.250. The molecule has 0 aliphatic heterocycles. The van der Waals surface area contributed by atoms with Crippen molar-refractivity contribution in [2.24, 2.45) is 0 Å². The number of amides is 1. The molecule has 1 aromatic carbocycles. The van der Waals surface area contributed by atoms with Gasteiger partial charge in [-0.25, -0.2) is 4.98 Å². The van der Waals surface area contributed by atoms with Crippen LogP contribution >= 0.6 is 0 Å². The van der Waals surface area contributed by atoms with Crippen LogP contribution in [-0.2, 0) is 28.5 Å². The van der Waals surface area contributed by atoms with Gasteiger partial charge in [-0.05, 0) is 17.7 Å². The van der Waals surface area contributed by atoms with Gasteiger partial charge >= 0.3 is 12.1 Å². The molecule has 2 heterocycles. The molecule has 11 heteroatoms. The van der Waals surface area contributed by atoms with Crippen LogP contribution in [0.1, 0.15) is 27.3 Å². The Labute approximate surface area is 198 Å². The Hall–Kier alpha value is -4.15. The number of nitrogens with one attached hydrogen (secondary N) is 1. The molecule has 0 aliphatic carbocycles. The molecule has 2 aromatic heterocycles. The number of hydrogen-bond donors (Lipinski definition) is 2. The highest BCUT2D eigenvalue weighted by molar-refractivity contribution is 5.97. The molecular formula is C24H22F3N3O5. The summed E-state index contributed by atoms with van der Waals surface area (Å²) in [6.45, 7) is -0.525. The highest BCUT2D eigenvalue weighted by Gasteiger charge is 2.31. The van der Waals surface area contributed by atoms with Gasteiger partial charge in [0.15, 0.2) is 17.2 Å². The highest BCUT2D eigenvalue weighted by atomic mass is 19.4. The molecule has 35 heavy (non-hydrogen) atoms. The third kappa shape index (κ3) is 7.16. The number of methoxy groups -OCH3 is 1. The molecule has 2 N–H and O–H groups in total. The number of carbonyl (C=O) groups is 2. The van der Waals surface area contributed by atoms with E-state index in [-0.39, 0.29) is 24.3 Å². The van der Waals surface area contributed by atoms with Crippen molar-refractivity contribution in [3.8, 4) is 11.5 Å². The van der Waals surface area contributed by atoms with Gasteiger partial charge in [0.05, 0.1) is 12.7 Å². The maximum Gasteiger partial charge on any atom is 0.417 e. The molecule has 1 unspecified atom stereocenters. The lowest BCUT2D eigenvalue weighted by Crippen LogP contribution is -2.34. The first-order valence-electron chi connectivity index (χ1n) is 10.4. The number of aromatic hydroxyl groups is 1. The Balaban J connectivity index is 1.66. The number of benzene rings is 1. The number of alkyl halides is 3. The second-order valence-corrected chi connectivity index (χ2v) is 7.43. The summed E-state index contributed by atoms with van der Waals surface area (Å²) in [6, 6.07) is 12.6. The van der Waals surface area contributed by atoms with Gasteiger partial charge in [0.25, 0.3) is 5.91 Å². The van der Waals surface area contributed by atoms with Gasteiger partial charge in [-0.15, -0.1) is 0 Å². The number of nitrogens with zero attached hydrogens (tertiary/aromatic N) is 2. The van der Waals surface area contributed by atoms with E-state index in [1.54, 1.807) is 12.1 Å². The van der Waals surface area contributed by atoms with Crippen molar-refractivity contribution >= 4 is 11.9 Å². The number of hydrogen-bond acceptors (Lipinski definition) is 7. The van der Waals surface area contributed by atoms with E-state index in [0.29, 0.717) is 5.69 Å². The zero-order valence-corrected chi connectivity index (χ0v) is 18.6. The fourth-order valence-electron chi connectivity index (χ4n) is 3.21. The number of esters is 1. The van der Waals surface area contributed by atoms with Crippen molar-refractivity contribution in [1.82, 2.24) is 15.3 Å². The van der Waals surface area contributed by atoms with Crippen LogP contribution in [0.5, 0.6) is 11.5 Å². The molecule has 0 saturated carbocycles. The largest absolute Gasteiger partial charge is 0.503 e. The van der Waals surface area contributed by atoms with Crippen LogP contribution in [0.2, 0.25) is 0 Å². The van der Waals surface area contributed by atoms with Crippen LogP contribution in [0.25, 0.3) is 0 Å². The lowest BCUT2D eigenvalue weighted by molar-refractivity contribution is -0.147. The standard InChI is InChI=1S/C24H22F3N3O5/c1-34-19-9-10-28-21(22(19)32)23(33)30-14-20(31)35-18(11-15-5-3-2-4-6-15)12-17-8-7-16(13-29-17)24(25,26)27/h2-10,13,18,32H,11-12,14H2,1H3,(H,30,33). The summed E-state index contributed by atoms with van der Waals surface area (Å²) in [6.07, 6.45) is -2.93. The molecule has 0 fully saturated rings. The van der Waals surface area contributed by atoms with Crippen molar-refractivity contribution in [3.63, 3.8) is 0 Å². The zero-order chi connectivity index (χ0) is 25.4. The van der Waals surface area contributed by atoms with Crippen molar-refractivity contribution in [2.75, 3.05) is 13.7 Å². The van der Waals surface area contributed by atoms with Gasteiger partial charge in [0.2, 0.25) is 0 Å². The minimum atomic E-state index is -4.51. The lowest BCUT2D eigenvalue weighted by atomic mass is 10.0. The molecule has 184 valence electrons. The van der Waals surface area contributed by atoms with E-state index in [4.69, 9.17) is 9.47 Å². The molecule has 0 aliphatic rings. The lowest BCUT2D eigenvalue weighted by Gasteiger charge is -2.18. The smallest absolute Gasteiger partial charge is 0.417 e. The quantitative estimate of drug-likeness (QED) is 0.444. The highest BCUT2D eigenvalue weighted by Crippen LogP contribution is 2.29. The number of aromatic nitrogens is 2. The molecule has 0 spiro atoms. The summed E-state index contributed by atoms with van der Waals surface area (Å²) in [7, 11) is 1.31. The van der Waals surface area contributed by atoms with Gasteiger partial charge < -0.3 is 19.9 Å². The number of halogens is 3. The third-order valence-corrected chi connectivity index (χ3v) is 4.91. The number of carbonyl (C=O) groups excluding carboxylic acids is 2. The molecule has 3 rings (SSSR count). The van der Waals surface area contributed by atoms with Gasteiger partial charge in [-0.2, -0.15) is 13.2 Å². The summed E-state index contributed by atoms with van der Waals surface area (Å²) in [5.74, 6) is -2.04. The molecular weight excluding hydrogens is 467 g/mol. The normalized spacial score (nSPS) is 12.0. The minimum absolute atomic E-state index is 0.0414. The Morgan fingerprint density at radius 1 is 1.06 bits per heavy atom. The van der Waals surface area contributed by atoms with E-state index in [0.717, 1.165) is 17.8 Å². The van der Waals surface area contributed by atoms with Crippen LogP contribution in [0, 0.1) is 0 Å². The SMILES string of the molecule is COc1ccnc(C(=O)NCC(=O)OC(Cc2ccccc2)Cc2ccc(C(F)(F)F)cn2)c1O. The Morgan fingerprint density at radius 3 is 2.43 bits per heavy atom. The van der Waals surface area contributed by atoms with Crippen molar-refractivity contribution in [3.05, 3.63) is 83.4 Å². The van der Waals surface area contributed by atoms with Crippen LogP contribution in [0.3, 0.4) is 0 Å². The van der Waals surface area contributed by atoms with Crippen LogP contribution in [0.15, 0.2) is 60.9 Å². The summed E-state index contributed by atoms with van der Waals surface area (Å²) in [5.41, 5.74) is -0.0602. The monoisotopic (exact) mass is 489 g/mol. The minimum Gasteiger partial charge on any atom is -0.503 e. The second-order valence-electron chi connectivity index (χ2n) is 7.43. The van der Waals surface area contributed by atoms with E-state index in [1.165, 1.54) is 25.4 Å². The Kier molecular flexibility index (Phi) is 8.24. The first kappa shape index (κ1) is 25.5. The summed E-state index contributed by atoms with van der Waals surface area (Å²) in [5, 5.41) is 12.3. The zero-order valence-electron chi connectivity index (χ0n) is 18.6. The first-order valence-corrected chi connectivity index (χ1v) is 10.4. The van der Waals surface area contributed by atoms with Crippen LogP contribution < -0.4 is 10.1 Å². The molecule has 1 amide bonds. The van der Waals surface area contributed by atoms with Crippen molar-refractivity contribution in [1.29, 1.82) is 0 Å². The Morgan fingerprint density at radius 2 is 1.80 bits per heavy atom. The predicted octanol–water partition coefficient (Wildman–Crippen LogP) is 3.34. The number of ether oxygens (including phenoxy) is 2. The average Bonchev–Trinajstić information content (AvgIpc) is 2.83. The number of pyridine rings is 2. The topological polar surface area (TPSA) is 111 Å². The second kappa shape index (κ2) is 11.3. The maximum absolute atomic E-state index is 12.8. The summed E-state index contributed by atoms with van der Waals surface area (Å²) < 4.78 is 48.8. The fourth-order valence-corrected chi connectivity index (χ4v) is 3.21. The predicted molar refractivity (Wildman–Crippen MR) is 118 cm³/mol. The van der Waals surface area contributed by atoms with Crippen LogP contribution in [0.4, 0.5) is 13.2 Å². The molecule has 8 nitrogen and oxygen atoms in total. The Bertz CT molecular complexity index is 1160. The summed E-state index contributed by atoms with van der Waals surface area (Å²) >= 11 is 0. The van der Waals surface area contributed by atoms with E-state index < -0.39 is 42.0 Å². The molecule has 0 saturated heterocycles. The molecule has 3 aromatic rings. The number of rotatable bonds is 9. The third-order valence-electron chi connectivity index (χ3n) is 4.91. The van der Waals surface area contributed by atoms with E-state index in [2.05, 4.69) is 15.3 Å².